The van der Waals surface area contributed by atoms with Crippen LogP contribution in [-0.2, 0) is 6.42 Å². The number of rotatable bonds is 4. The van der Waals surface area contributed by atoms with E-state index in [0.717, 1.165) is 11.1 Å². The van der Waals surface area contributed by atoms with Gasteiger partial charge >= 0.3 is 0 Å². The third-order valence-electron chi connectivity index (χ3n) is 3.33. The molecular weight excluding hydrogens is 270 g/mol. The van der Waals surface area contributed by atoms with Crippen LogP contribution in [0.3, 0.4) is 0 Å². The van der Waals surface area contributed by atoms with Crippen molar-refractivity contribution in [1.29, 1.82) is 0 Å². The zero-order valence-electron chi connectivity index (χ0n) is 11.9. The highest BCUT2D eigenvalue weighted by Crippen LogP contribution is 2.20. The number of aliphatic hydroxyl groups excluding tert-OH is 1. The van der Waals surface area contributed by atoms with Gasteiger partial charge in [-0.25, -0.2) is 0 Å². The van der Waals surface area contributed by atoms with E-state index in [9.17, 15) is 5.11 Å². The van der Waals surface area contributed by atoms with Gasteiger partial charge in [0.05, 0.1) is 12.1 Å². The van der Waals surface area contributed by atoms with Crippen molar-refractivity contribution in [1.82, 2.24) is 0 Å². The number of hydrogen-bond acceptors (Lipinski definition) is 2. The maximum absolute atomic E-state index is 10.3. The third kappa shape index (κ3) is 4.34. The van der Waals surface area contributed by atoms with Gasteiger partial charge in [0.1, 0.15) is 0 Å². The van der Waals surface area contributed by atoms with Crippen LogP contribution in [-0.4, -0.2) is 11.2 Å². The number of aryl methyl sites for hydroxylation is 2. The van der Waals surface area contributed by atoms with Gasteiger partial charge in [0.15, 0.2) is 0 Å². The first-order valence-corrected chi connectivity index (χ1v) is 6.62. The number of aliphatic hydroxyl groups is 1. The molecule has 2 aromatic rings. The Hall–Kier alpha value is -1.35. The molecule has 2 rings (SSSR count). The van der Waals surface area contributed by atoms with Crippen LogP contribution in [0.5, 0.6) is 0 Å². The molecule has 2 nitrogen and oxygen atoms in total. The SMILES string of the molecule is Cc1cc(C)cc([C@@H](N)[C@@H](O)Cc2ccccc2)c1.Cl. The summed E-state index contributed by atoms with van der Waals surface area (Å²) >= 11 is 0. The molecule has 0 spiro atoms. The molecule has 3 N–H and O–H groups in total. The summed E-state index contributed by atoms with van der Waals surface area (Å²) in [6.45, 7) is 4.10. The predicted octanol–water partition coefficient (Wildman–Crippen LogP) is 3.33. The van der Waals surface area contributed by atoms with E-state index in [-0.39, 0.29) is 18.4 Å². The van der Waals surface area contributed by atoms with Crippen LogP contribution in [0.2, 0.25) is 0 Å². The molecule has 0 unspecified atom stereocenters. The lowest BCUT2D eigenvalue weighted by Gasteiger charge is -2.20. The van der Waals surface area contributed by atoms with Gasteiger partial charge in [-0.1, -0.05) is 59.7 Å². The van der Waals surface area contributed by atoms with Crippen LogP contribution in [0.25, 0.3) is 0 Å². The van der Waals surface area contributed by atoms with Gasteiger partial charge in [-0.05, 0) is 25.0 Å². The Kier molecular flexibility index (Phi) is 6.21. The molecule has 0 saturated carbocycles. The van der Waals surface area contributed by atoms with E-state index in [4.69, 9.17) is 5.73 Å². The largest absolute Gasteiger partial charge is 0.391 e. The van der Waals surface area contributed by atoms with Crippen molar-refractivity contribution >= 4 is 12.4 Å². The maximum atomic E-state index is 10.3. The monoisotopic (exact) mass is 291 g/mol. The smallest absolute Gasteiger partial charge is 0.0773 e. The Balaban J connectivity index is 0.00000200. The average molecular weight is 292 g/mol. The first kappa shape index (κ1) is 16.7. The van der Waals surface area contributed by atoms with Crippen LogP contribution < -0.4 is 5.73 Å². The van der Waals surface area contributed by atoms with E-state index >= 15 is 0 Å². The van der Waals surface area contributed by atoms with E-state index in [1.165, 1.54) is 11.1 Å². The Morgan fingerprint density at radius 1 is 1.00 bits per heavy atom. The van der Waals surface area contributed by atoms with E-state index < -0.39 is 6.10 Å². The van der Waals surface area contributed by atoms with Crippen molar-refractivity contribution in [2.45, 2.75) is 32.4 Å². The lowest BCUT2D eigenvalue weighted by Crippen LogP contribution is -2.28. The number of halogens is 1. The van der Waals surface area contributed by atoms with Gasteiger partial charge in [0, 0.05) is 6.42 Å². The second-order valence-electron chi connectivity index (χ2n) is 5.20. The molecule has 0 bridgehead atoms. The molecular formula is C17H22ClNO. The summed E-state index contributed by atoms with van der Waals surface area (Å²) < 4.78 is 0. The molecule has 0 saturated heterocycles. The van der Waals surface area contributed by atoms with E-state index in [1.807, 2.05) is 56.3 Å². The standard InChI is InChI=1S/C17H21NO.ClH/c1-12-8-13(2)10-15(9-12)17(18)16(19)11-14-6-4-3-5-7-14;/h3-10,16-17,19H,11,18H2,1-2H3;1H/t16-,17+;/m0./s1. The van der Waals surface area contributed by atoms with Gasteiger partial charge in [-0.2, -0.15) is 0 Å². The van der Waals surface area contributed by atoms with Gasteiger partial charge in [-0.15, -0.1) is 12.4 Å². The van der Waals surface area contributed by atoms with Crippen LogP contribution in [0.1, 0.15) is 28.3 Å². The molecule has 20 heavy (non-hydrogen) atoms. The molecule has 0 heterocycles. The Labute approximate surface area is 127 Å². The predicted molar refractivity (Wildman–Crippen MR) is 86.2 cm³/mol. The molecule has 0 aliphatic rings. The molecule has 0 fully saturated rings. The summed E-state index contributed by atoms with van der Waals surface area (Å²) in [6, 6.07) is 15.8. The second kappa shape index (κ2) is 7.44. The summed E-state index contributed by atoms with van der Waals surface area (Å²) in [5.74, 6) is 0. The van der Waals surface area contributed by atoms with Crippen LogP contribution >= 0.6 is 12.4 Å². The molecule has 3 heteroatoms. The molecule has 2 atom stereocenters. The molecule has 0 amide bonds. The average Bonchev–Trinajstić information content (AvgIpc) is 2.37. The minimum absolute atomic E-state index is 0. The highest BCUT2D eigenvalue weighted by molar-refractivity contribution is 5.85. The summed E-state index contributed by atoms with van der Waals surface area (Å²) in [4.78, 5) is 0. The van der Waals surface area contributed by atoms with Crippen molar-refractivity contribution in [2.75, 3.05) is 0 Å². The van der Waals surface area contributed by atoms with Crippen molar-refractivity contribution < 1.29 is 5.11 Å². The number of hydrogen-bond donors (Lipinski definition) is 2. The van der Waals surface area contributed by atoms with Gasteiger partial charge < -0.3 is 10.8 Å². The minimum atomic E-state index is -0.566. The van der Waals surface area contributed by atoms with Crippen LogP contribution in [0.4, 0.5) is 0 Å². The molecule has 108 valence electrons. The van der Waals surface area contributed by atoms with Crippen molar-refractivity contribution in [3.05, 3.63) is 70.8 Å². The lowest BCUT2D eigenvalue weighted by molar-refractivity contribution is 0.145. The minimum Gasteiger partial charge on any atom is -0.391 e. The number of nitrogens with two attached hydrogens (primary N) is 1. The topological polar surface area (TPSA) is 46.2 Å². The van der Waals surface area contributed by atoms with E-state index in [2.05, 4.69) is 6.07 Å². The summed E-state index contributed by atoms with van der Waals surface area (Å²) in [5.41, 5.74) is 10.6. The van der Waals surface area contributed by atoms with Gasteiger partial charge in [0.25, 0.3) is 0 Å². The van der Waals surface area contributed by atoms with Gasteiger partial charge in [0.2, 0.25) is 0 Å². The highest BCUT2D eigenvalue weighted by atomic mass is 35.5. The normalized spacial score (nSPS) is 13.4. The summed E-state index contributed by atoms with van der Waals surface area (Å²) in [6.07, 6.45) is 0.0123. The maximum Gasteiger partial charge on any atom is 0.0773 e. The molecule has 2 aromatic carbocycles. The molecule has 0 aliphatic heterocycles. The first-order valence-electron chi connectivity index (χ1n) is 6.62. The van der Waals surface area contributed by atoms with Crippen molar-refractivity contribution in [3.8, 4) is 0 Å². The first-order chi connectivity index (χ1) is 9.06. The fourth-order valence-electron chi connectivity index (χ4n) is 2.41. The van der Waals surface area contributed by atoms with Crippen molar-refractivity contribution in [2.24, 2.45) is 5.73 Å². The highest BCUT2D eigenvalue weighted by Gasteiger charge is 2.17. The fraction of sp³-hybridized carbons (Fsp3) is 0.294. The van der Waals surface area contributed by atoms with E-state index in [0.29, 0.717) is 6.42 Å². The van der Waals surface area contributed by atoms with Gasteiger partial charge in [-0.3, -0.25) is 0 Å². The second-order valence-corrected chi connectivity index (χ2v) is 5.20. The third-order valence-corrected chi connectivity index (χ3v) is 3.33. The molecule has 0 aromatic heterocycles. The fourth-order valence-corrected chi connectivity index (χ4v) is 2.41. The molecule has 0 radical (unpaired) electrons. The number of benzene rings is 2. The summed E-state index contributed by atoms with van der Waals surface area (Å²) in [7, 11) is 0. The van der Waals surface area contributed by atoms with Crippen molar-refractivity contribution in [3.63, 3.8) is 0 Å². The zero-order valence-corrected chi connectivity index (χ0v) is 12.7. The summed E-state index contributed by atoms with van der Waals surface area (Å²) in [5, 5.41) is 10.3. The Bertz CT molecular complexity index is 522. The lowest BCUT2D eigenvalue weighted by atomic mass is 9.94. The van der Waals surface area contributed by atoms with Crippen LogP contribution in [0, 0.1) is 13.8 Å². The van der Waals surface area contributed by atoms with E-state index in [1.54, 1.807) is 0 Å². The quantitative estimate of drug-likeness (QED) is 0.908. The Morgan fingerprint density at radius 2 is 1.55 bits per heavy atom. The zero-order chi connectivity index (χ0) is 13.8. The Morgan fingerprint density at radius 3 is 2.10 bits per heavy atom. The van der Waals surface area contributed by atoms with Crippen LogP contribution in [0.15, 0.2) is 48.5 Å². The molecule has 0 aliphatic carbocycles.